The monoisotopic (exact) mass is 363 g/mol. The van der Waals surface area contributed by atoms with Crippen molar-refractivity contribution in [2.75, 3.05) is 11.4 Å². The van der Waals surface area contributed by atoms with Crippen LogP contribution in [0, 0.1) is 5.92 Å². The van der Waals surface area contributed by atoms with Crippen molar-refractivity contribution in [1.82, 2.24) is 9.88 Å². The van der Waals surface area contributed by atoms with E-state index < -0.39 is 0 Å². The van der Waals surface area contributed by atoms with Crippen molar-refractivity contribution >= 4 is 17.5 Å². The summed E-state index contributed by atoms with van der Waals surface area (Å²) in [5.74, 6) is -0.127. The van der Waals surface area contributed by atoms with Crippen LogP contribution in [-0.2, 0) is 22.6 Å². The number of aryl methyl sites for hydroxylation is 1. The van der Waals surface area contributed by atoms with Crippen molar-refractivity contribution in [2.45, 2.75) is 45.2 Å². The first-order valence-corrected chi connectivity index (χ1v) is 9.74. The fraction of sp³-hybridized carbons (Fsp3) is 0.409. The van der Waals surface area contributed by atoms with Gasteiger partial charge in [0.25, 0.3) is 0 Å². The van der Waals surface area contributed by atoms with Crippen LogP contribution in [-0.4, -0.2) is 34.3 Å². The predicted molar refractivity (Wildman–Crippen MR) is 104 cm³/mol. The zero-order chi connectivity index (χ0) is 18.8. The van der Waals surface area contributed by atoms with Crippen LogP contribution in [0.5, 0.6) is 0 Å². The van der Waals surface area contributed by atoms with Crippen molar-refractivity contribution in [3.05, 3.63) is 59.9 Å². The Kier molecular flexibility index (Phi) is 4.92. The number of aromatic nitrogens is 1. The molecule has 1 aromatic heterocycles. The molecule has 5 nitrogen and oxygen atoms in total. The molecule has 2 amide bonds. The molecule has 5 heteroatoms. The van der Waals surface area contributed by atoms with Crippen LogP contribution in [0.3, 0.4) is 0 Å². The standard InChI is InChI=1S/C22H25N3O2/c1-2-16-5-7-19(8-6-16)24-15-18(12-21(24)26)22(27)25(20-9-10-20)14-17-4-3-11-23-13-17/h3-8,11,13,18,20H,2,9-10,12,14-15H2,1H3. The van der Waals surface area contributed by atoms with Crippen LogP contribution in [0.4, 0.5) is 5.69 Å². The zero-order valence-corrected chi connectivity index (χ0v) is 15.7. The van der Waals surface area contributed by atoms with Gasteiger partial charge in [0.05, 0.1) is 5.92 Å². The third kappa shape index (κ3) is 3.87. The van der Waals surface area contributed by atoms with Gasteiger partial charge in [-0.3, -0.25) is 14.6 Å². The van der Waals surface area contributed by atoms with Gasteiger partial charge < -0.3 is 9.80 Å². The maximum absolute atomic E-state index is 13.2. The van der Waals surface area contributed by atoms with E-state index in [9.17, 15) is 9.59 Å². The molecule has 27 heavy (non-hydrogen) atoms. The molecule has 2 heterocycles. The average Bonchev–Trinajstić information content (AvgIpc) is 3.48. The largest absolute Gasteiger partial charge is 0.335 e. The van der Waals surface area contributed by atoms with Gasteiger partial charge in [-0.1, -0.05) is 25.1 Å². The zero-order valence-electron chi connectivity index (χ0n) is 15.7. The second kappa shape index (κ2) is 7.51. The molecule has 1 aliphatic carbocycles. The molecule has 2 aliphatic rings. The summed E-state index contributed by atoms with van der Waals surface area (Å²) in [6, 6.07) is 12.3. The average molecular weight is 363 g/mol. The van der Waals surface area contributed by atoms with E-state index in [-0.39, 0.29) is 17.7 Å². The van der Waals surface area contributed by atoms with Crippen molar-refractivity contribution in [3.8, 4) is 0 Å². The summed E-state index contributed by atoms with van der Waals surface area (Å²) >= 11 is 0. The number of hydrogen-bond donors (Lipinski definition) is 0. The number of hydrogen-bond acceptors (Lipinski definition) is 3. The number of carbonyl (C=O) groups excluding carboxylic acids is 2. The summed E-state index contributed by atoms with van der Waals surface area (Å²) in [6.07, 6.45) is 6.92. The molecule has 0 N–H and O–H groups in total. The van der Waals surface area contributed by atoms with E-state index >= 15 is 0 Å². The number of benzene rings is 1. The molecular weight excluding hydrogens is 338 g/mol. The second-order valence-electron chi connectivity index (χ2n) is 7.48. The van der Waals surface area contributed by atoms with Crippen LogP contribution < -0.4 is 4.90 Å². The third-order valence-electron chi connectivity index (χ3n) is 5.48. The minimum Gasteiger partial charge on any atom is -0.335 e. The van der Waals surface area contributed by atoms with E-state index in [1.54, 1.807) is 11.1 Å². The fourth-order valence-electron chi connectivity index (χ4n) is 3.73. The summed E-state index contributed by atoms with van der Waals surface area (Å²) in [6.45, 7) is 3.16. The van der Waals surface area contributed by atoms with E-state index in [0.29, 0.717) is 25.6 Å². The third-order valence-corrected chi connectivity index (χ3v) is 5.48. The SMILES string of the molecule is CCc1ccc(N2CC(C(=O)N(Cc3cccnc3)C3CC3)CC2=O)cc1. The Balaban J connectivity index is 1.47. The molecule has 4 rings (SSSR count). The first kappa shape index (κ1) is 17.7. The molecule has 0 radical (unpaired) electrons. The fourth-order valence-corrected chi connectivity index (χ4v) is 3.73. The minimum absolute atomic E-state index is 0.0368. The van der Waals surface area contributed by atoms with Crippen molar-refractivity contribution in [2.24, 2.45) is 5.92 Å². The number of rotatable bonds is 6. The van der Waals surface area contributed by atoms with Crippen molar-refractivity contribution in [1.29, 1.82) is 0 Å². The maximum Gasteiger partial charge on any atom is 0.228 e. The molecule has 1 unspecified atom stereocenters. The highest BCUT2D eigenvalue weighted by molar-refractivity contribution is 6.00. The lowest BCUT2D eigenvalue weighted by Gasteiger charge is -2.25. The van der Waals surface area contributed by atoms with Gasteiger partial charge >= 0.3 is 0 Å². The van der Waals surface area contributed by atoms with E-state index in [1.165, 1.54) is 5.56 Å². The van der Waals surface area contributed by atoms with E-state index in [2.05, 4.69) is 24.0 Å². The Morgan fingerprint density at radius 1 is 1.19 bits per heavy atom. The molecule has 1 saturated carbocycles. The second-order valence-corrected chi connectivity index (χ2v) is 7.48. The van der Waals surface area contributed by atoms with Crippen LogP contribution in [0.1, 0.15) is 37.3 Å². The Morgan fingerprint density at radius 2 is 1.96 bits per heavy atom. The summed E-state index contributed by atoms with van der Waals surface area (Å²) in [5, 5.41) is 0. The van der Waals surface area contributed by atoms with E-state index in [1.807, 2.05) is 35.4 Å². The molecule has 1 aromatic carbocycles. The van der Waals surface area contributed by atoms with Crippen LogP contribution in [0.15, 0.2) is 48.8 Å². The van der Waals surface area contributed by atoms with Crippen molar-refractivity contribution in [3.63, 3.8) is 0 Å². The van der Waals surface area contributed by atoms with Crippen LogP contribution >= 0.6 is 0 Å². The smallest absolute Gasteiger partial charge is 0.228 e. The van der Waals surface area contributed by atoms with Crippen LogP contribution in [0.2, 0.25) is 0 Å². The van der Waals surface area contributed by atoms with Gasteiger partial charge in [-0.2, -0.15) is 0 Å². The highest BCUT2D eigenvalue weighted by Crippen LogP contribution is 2.33. The number of nitrogens with zero attached hydrogens (tertiary/aromatic N) is 3. The minimum atomic E-state index is -0.263. The van der Waals surface area contributed by atoms with Crippen LogP contribution in [0.25, 0.3) is 0 Å². The Bertz CT molecular complexity index is 815. The molecule has 1 saturated heterocycles. The van der Waals surface area contributed by atoms with E-state index in [4.69, 9.17) is 0 Å². The topological polar surface area (TPSA) is 53.5 Å². The van der Waals surface area contributed by atoms with Gasteiger partial charge in [0, 0.05) is 43.6 Å². The Morgan fingerprint density at radius 3 is 2.59 bits per heavy atom. The summed E-state index contributed by atoms with van der Waals surface area (Å²) in [7, 11) is 0. The Labute approximate surface area is 160 Å². The molecule has 140 valence electrons. The summed E-state index contributed by atoms with van der Waals surface area (Å²) < 4.78 is 0. The predicted octanol–water partition coefficient (Wildman–Crippen LogP) is 3.19. The molecule has 2 aromatic rings. The lowest BCUT2D eigenvalue weighted by molar-refractivity contribution is -0.137. The molecular formula is C22H25N3O2. The highest BCUT2D eigenvalue weighted by atomic mass is 16.2. The van der Waals surface area contributed by atoms with Gasteiger partial charge in [-0.05, 0) is 48.6 Å². The lowest BCUT2D eigenvalue weighted by Crippen LogP contribution is -2.38. The first-order chi connectivity index (χ1) is 13.2. The van der Waals surface area contributed by atoms with Gasteiger partial charge in [0.1, 0.15) is 0 Å². The highest BCUT2D eigenvalue weighted by Gasteiger charge is 2.41. The summed E-state index contributed by atoms with van der Waals surface area (Å²) in [4.78, 5) is 33.6. The van der Waals surface area contributed by atoms with E-state index in [0.717, 1.165) is 30.5 Å². The van der Waals surface area contributed by atoms with Gasteiger partial charge in [0.2, 0.25) is 11.8 Å². The molecule has 0 spiro atoms. The first-order valence-electron chi connectivity index (χ1n) is 9.74. The number of anilines is 1. The maximum atomic E-state index is 13.2. The number of carbonyl (C=O) groups is 2. The van der Waals surface area contributed by atoms with Crippen molar-refractivity contribution < 1.29 is 9.59 Å². The van der Waals surface area contributed by atoms with Gasteiger partial charge in [0.15, 0.2) is 0 Å². The normalized spacial score (nSPS) is 19.4. The molecule has 2 fully saturated rings. The van der Waals surface area contributed by atoms with Gasteiger partial charge in [-0.15, -0.1) is 0 Å². The van der Waals surface area contributed by atoms with Gasteiger partial charge in [-0.25, -0.2) is 0 Å². The number of pyridine rings is 1. The summed E-state index contributed by atoms with van der Waals surface area (Å²) in [5.41, 5.74) is 3.17. The number of amides is 2. The molecule has 1 atom stereocenters. The lowest BCUT2D eigenvalue weighted by atomic mass is 10.1. The molecule has 0 bridgehead atoms. The Hall–Kier alpha value is -2.69. The molecule has 1 aliphatic heterocycles. The quantitative estimate of drug-likeness (QED) is 0.792.